The number of thiazole rings is 1. The summed E-state index contributed by atoms with van der Waals surface area (Å²) < 4.78 is 0. The van der Waals surface area contributed by atoms with E-state index in [9.17, 15) is 0 Å². The molecule has 3 heteroatoms. The highest BCUT2D eigenvalue weighted by Crippen LogP contribution is 2.28. The molecule has 0 aliphatic heterocycles. The van der Waals surface area contributed by atoms with Gasteiger partial charge in [0.1, 0.15) is 0 Å². The molecule has 0 saturated heterocycles. The smallest absolute Gasteiger partial charge is 0.0798 e. The van der Waals surface area contributed by atoms with E-state index in [2.05, 4.69) is 24.1 Å². The quantitative estimate of drug-likeness (QED) is 0.859. The topological polar surface area (TPSA) is 24.9 Å². The van der Waals surface area contributed by atoms with E-state index in [1.807, 2.05) is 5.51 Å². The first-order chi connectivity index (χ1) is 8.31. The third kappa shape index (κ3) is 3.52. The Bertz CT molecular complexity index is 329. The van der Waals surface area contributed by atoms with Gasteiger partial charge < -0.3 is 5.32 Å². The standard InChI is InChI=1S/C14H24N2S/c1-3-13(12-7-5-4-6-8-12)15-9-14-11(2)16-10-17-14/h10,12-13,15H,3-9H2,1-2H3. The summed E-state index contributed by atoms with van der Waals surface area (Å²) in [7, 11) is 0. The van der Waals surface area contributed by atoms with Crippen molar-refractivity contribution in [2.45, 2.75) is 65.0 Å². The molecule has 1 N–H and O–H groups in total. The van der Waals surface area contributed by atoms with Crippen molar-refractivity contribution < 1.29 is 0 Å². The summed E-state index contributed by atoms with van der Waals surface area (Å²) in [6.07, 6.45) is 8.41. The van der Waals surface area contributed by atoms with E-state index in [-0.39, 0.29) is 0 Å². The average molecular weight is 252 g/mol. The summed E-state index contributed by atoms with van der Waals surface area (Å²) in [5.74, 6) is 0.905. The maximum atomic E-state index is 4.31. The molecule has 0 bridgehead atoms. The van der Waals surface area contributed by atoms with Gasteiger partial charge in [-0.05, 0) is 32.1 Å². The van der Waals surface area contributed by atoms with Gasteiger partial charge in [0.05, 0.1) is 11.2 Å². The fraction of sp³-hybridized carbons (Fsp3) is 0.786. The number of nitrogens with one attached hydrogen (secondary N) is 1. The van der Waals surface area contributed by atoms with E-state index in [4.69, 9.17) is 0 Å². The molecule has 1 atom stereocenters. The van der Waals surface area contributed by atoms with Crippen LogP contribution in [0.25, 0.3) is 0 Å². The van der Waals surface area contributed by atoms with Crippen molar-refractivity contribution in [2.24, 2.45) is 5.92 Å². The van der Waals surface area contributed by atoms with Crippen LogP contribution in [-0.2, 0) is 6.54 Å². The van der Waals surface area contributed by atoms with Crippen molar-refractivity contribution in [1.29, 1.82) is 0 Å². The molecular weight excluding hydrogens is 228 g/mol. The largest absolute Gasteiger partial charge is 0.309 e. The fourth-order valence-corrected chi connectivity index (χ4v) is 3.63. The van der Waals surface area contributed by atoms with Gasteiger partial charge in [0, 0.05) is 17.5 Å². The predicted octanol–water partition coefficient (Wildman–Crippen LogP) is 3.90. The highest BCUT2D eigenvalue weighted by Gasteiger charge is 2.21. The summed E-state index contributed by atoms with van der Waals surface area (Å²) in [5, 5.41) is 3.75. The predicted molar refractivity (Wildman–Crippen MR) is 74.3 cm³/mol. The van der Waals surface area contributed by atoms with Crippen molar-refractivity contribution in [3.8, 4) is 0 Å². The van der Waals surface area contributed by atoms with Gasteiger partial charge in [-0.25, -0.2) is 4.98 Å². The lowest BCUT2D eigenvalue weighted by Gasteiger charge is -2.30. The van der Waals surface area contributed by atoms with Crippen molar-refractivity contribution in [3.63, 3.8) is 0 Å². The summed E-state index contributed by atoms with van der Waals surface area (Å²) in [6.45, 7) is 5.42. The number of rotatable bonds is 5. The normalized spacial score (nSPS) is 19.4. The molecule has 1 aromatic rings. The molecule has 1 heterocycles. The average Bonchev–Trinajstić information content (AvgIpc) is 2.77. The zero-order chi connectivity index (χ0) is 12.1. The molecule has 1 unspecified atom stereocenters. The minimum atomic E-state index is 0.705. The molecule has 96 valence electrons. The van der Waals surface area contributed by atoms with Gasteiger partial charge in [0.2, 0.25) is 0 Å². The molecule has 1 fully saturated rings. The molecule has 0 aromatic carbocycles. The van der Waals surface area contributed by atoms with Crippen molar-refractivity contribution in [1.82, 2.24) is 10.3 Å². The SMILES string of the molecule is CCC(NCc1scnc1C)C1CCCCC1. The minimum Gasteiger partial charge on any atom is -0.309 e. The molecule has 2 rings (SSSR count). The zero-order valence-corrected chi connectivity index (χ0v) is 11.9. The number of hydrogen-bond acceptors (Lipinski definition) is 3. The van der Waals surface area contributed by atoms with E-state index >= 15 is 0 Å². The van der Waals surface area contributed by atoms with Gasteiger partial charge in [-0.2, -0.15) is 0 Å². The van der Waals surface area contributed by atoms with Gasteiger partial charge in [0.25, 0.3) is 0 Å². The Balaban J connectivity index is 1.84. The Morgan fingerprint density at radius 1 is 1.41 bits per heavy atom. The summed E-state index contributed by atoms with van der Waals surface area (Å²) in [6, 6.07) is 0.705. The molecule has 1 aromatic heterocycles. The molecule has 0 amide bonds. The first kappa shape index (κ1) is 13.0. The number of aryl methyl sites for hydroxylation is 1. The monoisotopic (exact) mass is 252 g/mol. The van der Waals surface area contributed by atoms with Crippen LogP contribution in [0.4, 0.5) is 0 Å². The van der Waals surface area contributed by atoms with Crippen molar-refractivity contribution in [2.75, 3.05) is 0 Å². The van der Waals surface area contributed by atoms with Crippen LogP contribution in [0.1, 0.15) is 56.0 Å². The Morgan fingerprint density at radius 3 is 2.76 bits per heavy atom. The van der Waals surface area contributed by atoms with Gasteiger partial charge in [-0.3, -0.25) is 0 Å². The second-order valence-corrected chi connectivity index (χ2v) is 6.09. The first-order valence-corrected chi connectivity index (χ1v) is 7.81. The lowest BCUT2D eigenvalue weighted by atomic mass is 9.83. The Morgan fingerprint density at radius 2 is 2.18 bits per heavy atom. The first-order valence-electron chi connectivity index (χ1n) is 6.93. The molecule has 0 radical (unpaired) electrons. The lowest BCUT2D eigenvalue weighted by Crippen LogP contribution is -2.36. The Kier molecular flexibility index (Phi) is 4.99. The third-order valence-corrected chi connectivity index (χ3v) is 4.96. The van der Waals surface area contributed by atoms with E-state index in [0.717, 1.165) is 12.5 Å². The maximum absolute atomic E-state index is 4.31. The summed E-state index contributed by atoms with van der Waals surface area (Å²) in [4.78, 5) is 5.71. The lowest BCUT2D eigenvalue weighted by molar-refractivity contribution is 0.262. The zero-order valence-electron chi connectivity index (χ0n) is 11.0. The number of hydrogen-bond donors (Lipinski definition) is 1. The minimum absolute atomic E-state index is 0.705. The Hall–Kier alpha value is -0.410. The molecule has 2 nitrogen and oxygen atoms in total. The van der Waals surface area contributed by atoms with Gasteiger partial charge in [-0.1, -0.05) is 26.2 Å². The molecule has 0 spiro atoms. The van der Waals surface area contributed by atoms with Crippen LogP contribution in [0.3, 0.4) is 0 Å². The van der Waals surface area contributed by atoms with Crippen LogP contribution in [0.15, 0.2) is 5.51 Å². The van der Waals surface area contributed by atoms with E-state index in [1.165, 1.54) is 49.1 Å². The molecular formula is C14H24N2S. The fourth-order valence-electron chi connectivity index (χ4n) is 2.90. The summed E-state index contributed by atoms with van der Waals surface area (Å²) in [5.41, 5.74) is 3.15. The van der Waals surface area contributed by atoms with Gasteiger partial charge in [-0.15, -0.1) is 11.3 Å². The highest BCUT2D eigenvalue weighted by atomic mass is 32.1. The van der Waals surface area contributed by atoms with Crippen LogP contribution in [0.5, 0.6) is 0 Å². The van der Waals surface area contributed by atoms with Crippen molar-refractivity contribution >= 4 is 11.3 Å². The number of aromatic nitrogens is 1. The molecule has 1 aliphatic rings. The van der Waals surface area contributed by atoms with Gasteiger partial charge in [0.15, 0.2) is 0 Å². The molecule has 17 heavy (non-hydrogen) atoms. The Labute approximate surface area is 109 Å². The van der Waals surface area contributed by atoms with E-state index in [1.54, 1.807) is 11.3 Å². The second-order valence-electron chi connectivity index (χ2n) is 5.15. The van der Waals surface area contributed by atoms with Crippen LogP contribution in [-0.4, -0.2) is 11.0 Å². The molecule has 1 saturated carbocycles. The van der Waals surface area contributed by atoms with Crippen LogP contribution < -0.4 is 5.32 Å². The van der Waals surface area contributed by atoms with Crippen LogP contribution >= 0.6 is 11.3 Å². The summed E-state index contributed by atoms with van der Waals surface area (Å²) >= 11 is 1.78. The van der Waals surface area contributed by atoms with Crippen LogP contribution in [0.2, 0.25) is 0 Å². The number of nitrogens with zero attached hydrogens (tertiary/aromatic N) is 1. The molecule has 1 aliphatic carbocycles. The van der Waals surface area contributed by atoms with E-state index < -0.39 is 0 Å². The highest BCUT2D eigenvalue weighted by molar-refractivity contribution is 7.09. The third-order valence-electron chi connectivity index (χ3n) is 4.03. The van der Waals surface area contributed by atoms with Crippen LogP contribution in [0, 0.1) is 12.8 Å². The van der Waals surface area contributed by atoms with E-state index in [0.29, 0.717) is 6.04 Å². The second kappa shape index (κ2) is 6.50. The maximum Gasteiger partial charge on any atom is 0.0798 e. The van der Waals surface area contributed by atoms with Crippen molar-refractivity contribution in [3.05, 3.63) is 16.1 Å². The van der Waals surface area contributed by atoms with Gasteiger partial charge >= 0.3 is 0 Å².